The number of H-pyrrole nitrogens is 1. The molecule has 0 bridgehead atoms. The van der Waals surface area contributed by atoms with Gasteiger partial charge in [-0.3, -0.25) is 9.89 Å². The number of rotatable bonds is 4. The smallest absolute Gasteiger partial charge is 0.246 e. The molecule has 1 N–H and O–H groups in total. The van der Waals surface area contributed by atoms with Crippen LogP contribution in [0.1, 0.15) is 11.6 Å². The maximum atomic E-state index is 11.8. The third-order valence-corrected chi connectivity index (χ3v) is 2.64. The molecule has 7 heteroatoms. The van der Waals surface area contributed by atoms with Gasteiger partial charge in [0.1, 0.15) is 17.9 Å². The van der Waals surface area contributed by atoms with E-state index in [1.165, 1.54) is 17.3 Å². The first-order valence-electron chi connectivity index (χ1n) is 5.18. The number of carbonyl (C=O) groups is 1. The van der Waals surface area contributed by atoms with Crippen molar-refractivity contribution in [3.8, 4) is 0 Å². The molecule has 0 aliphatic carbocycles. The van der Waals surface area contributed by atoms with Crippen molar-refractivity contribution in [1.29, 1.82) is 0 Å². The summed E-state index contributed by atoms with van der Waals surface area (Å²) >= 11 is 3.19. The third-order valence-electron chi connectivity index (χ3n) is 2.21. The molecule has 1 amide bonds. The highest BCUT2D eigenvalue weighted by atomic mass is 79.9. The normalized spacial score (nSPS) is 11.0. The molecule has 0 saturated heterocycles. The lowest BCUT2D eigenvalue weighted by atomic mass is 10.3. The monoisotopic (exact) mass is 310 g/mol. The molecule has 6 nitrogen and oxygen atoms in total. The molecule has 94 valence electrons. The van der Waals surface area contributed by atoms with Crippen LogP contribution in [0.4, 0.5) is 0 Å². The number of hydrogen-bond acceptors (Lipinski definition) is 4. The lowest BCUT2D eigenvalue weighted by Gasteiger charge is -2.12. The van der Waals surface area contributed by atoms with Crippen LogP contribution in [0.25, 0.3) is 6.08 Å². The Labute approximate surface area is 112 Å². The summed E-state index contributed by atoms with van der Waals surface area (Å²) in [4.78, 5) is 17.2. The van der Waals surface area contributed by atoms with Crippen molar-refractivity contribution in [3.63, 3.8) is 0 Å². The summed E-state index contributed by atoms with van der Waals surface area (Å²) in [6.45, 7) is 0.380. The van der Waals surface area contributed by atoms with Gasteiger partial charge in [-0.25, -0.2) is 4.98 Å². The third kappa shape index (κ3) is 3.30. The Kier molecular flexibility index (Phi) is 3.93. The second-order valence-corrected chi connectivity index (χ2v) is 4.38. The number of amides is 1. The average Bonchev–Trinajstić information content (AvgIpc) is 2.97. The second-order valence-electron chi connectivity index (χ2n) is 3.60. The number of aromatic amines is 1. The Morgan fingerprint density at radius 3 is 3.06 bits per heavy atom. The maximum Gasteiger partial charge on any atom is 0.246 e. The minimum atomic E-state index is -0.140. The molecule has 0 spiro atoms. The molecular weight excluding hydrogens is 300 g/mol. The van der Waals surface area contributed by atoms with E-state index in [4.69, 9.17) is 4.42 Å². The quantitative estimate of drug-likeness (QED) is 0.874. The molecule has 0 aromatic carbocycles. The van der Waals surface area contributed by atoms with E-state index in [0.717, 1.165) is 0 Å². The first kappa shape index (κ1) is 12.6. The summed E-state index contributed by atoms with van der Waals surface area (Å²) < 4.78 is 5.88. The highest BCUT2D eigenvalue weighted by Crippen LogP contribution is 2.15. The van der Waals surface area contributed by atoms with Gasteiger partial charge < -0.3 is 9.32 Å². The van der Waals surface area contributed by atoms with Crippen molar-refractivity contribution >= 4 is 27.9 Å². The van der Waals surface area contributed by atoms with Crippen LogP contribution >= 0.6 is 15.9 Å². The Hall–Kier alpha value is -1.89. The van der Waals surface area contributed by atoms with E-state index in [2.05, 4.69) is 31.1 Å². The highest BCUT2D eigenvalue weighted by Gasteiger charge is 2.07. The molecule has 0 radical (unpaired) electrons. The first-order valence-corrected chi connectivity index (χ1v) is 5.97. The molecular formula is C11H11BrN4O2. The van der Waals surface area contributed by atoms with E-state index in [0.29, 0.717) is 22.8 Å². The molecule has 0 unspecified atom stereocenters. The van der Waals surface area contributed by atoms with Gasteiger partial charge in [0.15, 0.2) is 4.67 Å². The van der Waals surface area contributed by atoms with Crippen LogP contribution in [0.5, 0.6) is 0 Å². The number of nitrogens with one attached hydrogen (secondary N) is 1. The number of furan rings is 1. The van der Waals surface area contributed by atoms with Crippen molar-refractivity contribution < 1.29 is 9.21 Å². The Balaban J connectivity index is 1.93. The van der Waals surface area contributed by atoms with E-state index in [1.807, 2.05) is 0 Å². The molecule has 0 saturated carbocycles. The number of likely N-dealkylation sites (N-methyl/N-ethyl adjacent to an activating group) is 1. The van der Waals surface area contributed by atoms with Crippen LogP contribution in [-0.2, 0) is 11.3 Å². The summed E-state index contributed by atoms with van der Waals surface area (Å²) in [5, 5.41) is 6.41. The lowest BCUT2D eigenvalue weighted by Crippen LogP contribution is -2.24. The van der Waals surface area contributed by atoms with Gasteiger partial charge in [-0.2, -0.15) is 5.10 Å². The fraction of sp³-hybridized carbons (Fsp3) is 0.182. The zero-order chi connectivity index (χ0) is 13.0. The van der Waals surface area contributed by atoms with Crippen molar-refractivity contribution in [3.05, 3.63) is 40.8 Å². The second kappa shape index (κ2) is 5.63. The van der Waals surface area contributed by atoms with Crippen LogP contribution in [0, 0.1) is 0 Å². The summed E-state index contributed by atoms with van der Waals surface area (Å²) in [7, 11) is 1.69. The summed E-state index contributed by atoms with van der Waals surface area (Å²) in [5.74, 6) is 1.11. The van der Waals surface area contributed by atoms with Crippen molar-refractivity contribution in [1.82, 2.24) is 20.1 Å². The minimum Gasteiger partial charge on any atom is -0.450 e. The zero-order valence-electron chi connectivity index (χ0n) is 9.63. The summed E-state index contributed by atoms with van der Waals surface area (Å²) in [6, 6.07) is 3.53. The van der Waals surface area contributed by atoms with E-state index in [9.17, 15) is 4.79 Å². The molecule has 2 heterocycles. The number of nitrogens with zero attached hydrogens (tertiary/aromatic N) is 3. The first-order chi connectivity index (χ1) is 8.65. The molecule has 18 heavy (non-hydrogen) atoms. The standard InChI is InChI=1S/C11H11BrN4O2/c1-16(6-10-13-7-14-15-10)11(17)5-3-8-2-4-9(12)18-8/h2-5,7H,6H2,1H3,(H,13,14,15). The van der Waals surface area contributed by atoms with Gasteiger partial charge in [-0.05, 0) is 34.1 Å². The van der Waals surface area contributed by atoms with E-state index >= 15 is 0 Å². The van der Waals surface area contributed by atoms with Gasteiger partial charge in [0.2, 0.25) is 5.91 Å². The largest absolute Gasteiger partial charge is 0.450 e. The number of hydrogen-bond donors (Lipinski definition) is 1. The molecule has 0 aliphatic heterocycles. The van der Waals surface area contributed by atoms with Gasteiger partial charge in [0.25, 0.3) is 0 Å². The van der Waals surface area contributed by atoms with Gasteiger partial charge in [0.05, 0.1) is 6.54 Å². The molecule has 2 aromatic rings. The topological polar surface area (TPSA) is 75.0 Å². The van der Waals surface area contributed by atoms with Crippen LogP contribution < -0.4 is 0 Å². The van der Waals surface area contributed by atoms with Crippen LogP contribution in [0.3, 0.4) is 0 Å². The van der Waals surface area contributed by atoms with Gasteiger partial charge >= 0.3 is 0 Å². The Bertz CT molecular complexity index is 547. The number of aromatic nitrogens is 3. The fourth-order valence-corrected chi connectivity index (χ4v) is 1.63. The van der Waals surface area contributed by atoms with Crippen LogP contribution in [0.2, 0.25) is 0 Å². The van der Waals surface area contributed by atoms with Gasteiger partial charge in [-0.15, -0.1) is 0 Å². The number of halogens is 1. The van der Waals surface area contributed by atoms with E-state index < -0.39 is 0 Å². The maximum absolute atomic E-state index is 11.8. The molecule has 0 atom stereocenters. The van der Waals surface area contributed by atoms with Crippen molar-refractivity contribution in [2.24, 2.45) is 0 Å². The zero-order valence-corrected chi connectivity index (χ0v) is 11.2. The lowest BCUT2D eigenvalue weighted by molar-refractivity contribution is -0.125. The molecule has 0 fully saturated rings. The number of carbonyl (C=O) groups excluding carboxylic acids is 1. The van der Waals surface area contributed by atoms with Crippen molar-refractivity contribution in [2.45, 2.75) is 6.54 Å². The Morgan fingerprint density at radius 2 is 2.44 bits per heavy atom. The van der Waals surface area contributed by atoms with Crippen LogP contribution in [-0.4, -0.2) is 33.0 Å². The SMILES string of the molecule is CN(Cc1ncn[nH]1)C(=O)C=Cc1ccc(Br)o1. The predicted molar refractivity (Wildman–Crippen MR) is 68.3 cm³/mol. The van der Waals surface area contributed by atoms with Gasteiger partial charge in [-0.1, -0.05) is 0 Å². The molecule has 0 aliphatic rings. The van der Waals surface area contributed by atoms with Gasteiger partial charge in [0, 0.05) is 13.1 Å². The van der Waals surface area contributed by atoms with Crippen molar-refractivity contribution in [2.75, 3.05) is 7.05 Å². The Morgan fingerprint density at radius 1 is 1.61 bits per heavy atom. The molecule has 2 rings (SSSR count). The average molecular weight is 311 g/mol. The minimum absolute atomic E-state index is 0.140. The van der Waals surface area contributed by atoms with E-state index in [-0.39, 0.29) is 5.91 Å². The van der Waals surface area contributed by atoms with E-state index in [1.54, 1.807) is 25.3 Å². The summed E-state index contributed by atoms with van der Waals surface area (Å²) in [5.41, 5.74) is 0. The predicted octanol–water partition coefficient (Wildman–Crippen LogP) is 1.83. The van der Waals surface area contributed by atoms with Crippen LogP contribution in [0.15, 0.2) is 33.6 Å². The summed E-state index contributed by atoms with van der Waals surface area (Å²) in [6.07, 6.45) is 4.47. The highest BCUT2D eigenvalue weighted by molar-refractivity contribution is 9.10. The fourth-order valence-electron chi connectivity index (χ4n) is 1.31. The molecule has 2 aromatic heterocycles.